The number of carboxylic acids is 1. The van der Waals surface area contributed by atoms with E-state index in [1.807, 2.05) is 0 Å². The first-order chi connectivity index (χ1) is 15.1. The number of carbonyl (C=O) groups is 1. The zero-order valence-electron chi connectivity index (χ0n) is 17.2. The van der Waals surface area contributed by atoms with E-state index in [9.17, 15) is 23.1 Å². The molecule has 0 fully saturated rings. The number of benzene rings is 2. The van der Waals surface area contributed by atoms with E-state index >= 15 is 0 Å². The molecule has 3 rings (SSSR count). The Morgan fingerprint density at radius 3 is 2.47 bits per heavy atom. The van der Waals surface area contributed by atoms with Gasteiger partial charge in [-0.25, -0.2) is 4.79 Å². The van der Waals surface area contributed by atoms with Gasteiger partial charge in [-0.15, -0.1) is 0 Å². The summed E-state index contributed by atoms with van der Waals surface area (Å²) in [6, 6.07) is 9.24. The topological polar surface area (TPSA) is 74.2 Å². The molecule has 1 N–H and O–H groups in total. The Balaban J connectivity index is 1.44. The molecule has 0 unspecified atom stereocenters. The van der Waals surface area contributed by atoms with Gasteiger partial charge in [0.15, 0.2) is 6.61 Å². The third-order valence-electron chi connectivity index (χ3n) is 4.89. The molecule has 1 atom stereocenters. The van der Waals surface area contributed by atoms with Crippen LogP contribution in [0.15, 0.2) is 36.4 Å². The summed E-state index contributed by atoms with van der Waals surface area (Å²) in [5, 5.41) is 9.60. The molecule has 6 nitrogen and oxygen atoms in total. The number of rotatable bonds is 10. The average molecular weight is 475 g/mol. The zero-order valence-corrected chi connectivity index (χ0v) is 18.0. The summed E-state index contributed by atoms with van der Waals surface area (Å²) in [5.74, 6) is 0.467. The van der Waals surface area contributed by atoms with E-state index in [2.05, 4.69) is 4.74 Å². The Labute approximate surface area is 187 Å². The van der Waals surface area contributed by atoms with E-state index < -0.39 is 24.4 Å². The van der Waals surface area contributed by atoms with E-state index in [1.54, 1.807) is 25.1 Å². The fourth-order valence-electron chi connectivity index (χ4n) is 3.19. The van der Waals surface area contributed by atoms with E-state index in [4.69, 9.17) is 25.8 Å². The number of fused-ring (bicyclic) bond motifs is 1. The fraction of sp³-hybridized carbons (Fsp3) is 0.409. The van der Waals surface area contributed by atoms with E-state index in [0.717, 1.165) is 5.56 Å². The molecule has 0 amide bonds. The van der Waals surface area contributed by atoms with Crippen LogP contribution >= 0.6 is 11.6 Å². The summed E-state index contributed by atoms with van der Waals surface area (Å²) < 4.78 is 58.2. The van der Waals surface area contributed by atoms with Crippen molar-refractivity contribution >= 4 is 17.6 Å². The monoisotopic (exact) mass is 474 g/mol. The van der Waals surface area contributed by atoms with Crippen molar-refractivity contribution in [3.05, 3.63) is 47.0 Å². The number of ether oxygens (including phenoxy) is 4. The Bertz CT molecular complexity index is 965. The molecule has 32 heavy (non-hydrogen) atoms. The smallest absolute Gasteiger partial charge is 0.422 e. The lowest BCUT2D eigenvalue weighted by atomic mass is 9.94. The van der Waals surface area contributed by atoms with Gasteiger partial charge < -0.3 is 24.1 Å². The molecule has 0 saturated heterocycles. The molecule has 1 aliphatic heterocycles. The van der Waals surface area contributed by atoms with Crippen LogP contribution in [0.4, 0.5) is 13.2 Å². The molecule has 10 heteroatoms. The van der Waals surface area contributed by atoms with Gasteiger partial charge in [0.2, 0.25) is 5.60 Å². The molecule has 0 radical (unpaired) electrons. The normalized spacial score (nSPS) is 17.4. The molecule has 2 aromatic rings. The second-order valence-corrected chi connectivity index (χ2v) is 7.66. The van der Waals surface area contributed by atoms with Crippen molar-refractivity contribution in [3.8, 4) is 23.0 Å². The SMILES string of the molecule is CC[C@@]1(C(=O)O)Cc2cc(OCCCOc3ccc(OCC(F)(F)F)cc3Cl)ccc2O1. The van der Waals surface area contributed by atoms with Gasteiger partial charge in [-0.05, 0) is 36.8 Å². The molecular weight excluding hydrogens is 453 g/mol. The molecule has 1 aliphatic rings. The van der Waals surface area contributed by atoms with Gasteiger partial charge in [0.05, 0.1) is 18.2 Å². The van der Waals surface area contributed by atoms with Gasteiger partial charge in [0, 0.05) is 24.5 Å². The molecule has 174 valence electrons. The van der Waals surface area contributed by atoms with Crippen LogP contribution in [0.1, 0.15) is 25.3 Å². The highest BCUT2D eigenvalue weighted by molar-refractivity contribution is 6.32. The zero-order chi connectivity index (χ0) is 23.4. The second-order valence-electron chi connectivity index (χ2n) is 7.25. The number of carboxylic acid groups (broad SMARTS) is 1. The van der Waals surface area contributed by atoms with Crippen LogP contribution in [0.3, 0.4) is 0 Å². The Kier molecular flexibility index (Phi) is 7.28. The maximum atomic E-state index is 12.2. The van der Waals surface area contributed by atoms with E-state index in [0.29, 0.717) is 36.7 Å². The molecule has 2 aromatic carbocycles. The minimum atomic E-state index is -4.43. The number of halogens is 4. The van der Waals surface area contributed by atoms with Crippen LogP contribution in [-0.2, 0) is 11.2 Å². The number of hydrogen-bond acceptors (Lipinski definition) is 5. The van der Waals surface area contributed by atoms with Crippen molar-refractivity contribution in [2.45, 2.75) is 38.0 Å². The Hall–Kier alpha value is -2.81. The van der Waals surface area contributed by atoms with Gasteiger partial charge in [-0.2, -0.15) is 13.2 Å². The number of aliphatic carboxylic acids is 1. The standard InChI is InChI=1S/C22H22ClF3O6/c1-2-21(20(27)28)12-14-10-15(4-6-18(14)32-21)29-8-3-9-30-19-7-5-16(11-17(19)23)31-13-22(24,25)26/h4-7,10-11H,2-3,8-9,12-13H2,1H3,(H,27,28)/t21-/m0/s1. The average Bonchev–Trinajstić information content (AvgIpc) is 3.12. The quantitative estimate of drug-likeness (QED) is 0.471. The summed E-state index contributed by atoms with van der Waals surface area (Å²) in [6.45, 7) is 0.981. The van der Waals surface area contributed by atoms with Gasteiger partial charge in [-0.3, -0.25) is 0 Å². The summed E-state index contributed by atoms with van der Waals surface area (Å²) in [5.41, 5.74) is -0.455. The van der Waals surface area contributed by atoms with Crippen molar-refractivity contribution < 1.29 is 42.0 Å². The first kappa shape index (κ1) is 23.8. The maximum Gasteiger partial charge on any atom is 0.422 e. The summed E-state index contributed by atoms with van der Waals surface area (Å²) in [4.78, 5) is 11.6. The molecule has 0 aliphatic carbocycles. The van der Waals surface area contributed by atoms with Crippen LogP contribution in [-0.4, -0.2) is 42.7 Å². The van der Waals surface area contributed by atoms with Crippen molar-refractivity contribution in [1.82, 2.24) is 0 Å². The lowest BCUT2D eigenvalue weighted by Gasteiger charge is -2.21. The highest BCUT2D eigenvalue weighted by atomic mass is 35.5. The predicted octanol–water partition coefficient (Wildman–Crippen LogP) is 5.30. The second kappa shape index (κ2) is 9.77. The highest BCUT2D eigenvalue weighted by Crippen LogP contribution is 2.39. The highest BCUT2D eigenvalue weighted by Gasteiger charge is 2.45. The van der Waals surface area contributed by atoms with Crippen LogP contribution in [0, 0.1) is 0 Å². The molecule has 0 spiro atoms. The van der Waals surface area contributed by atoms with Gasteiger partial charge in [0.1, 0.15) is 23.0 Å². The van der Waals surface area contributed by atoms with Gasteiger partial charge >= 0.3 is 12.1 Å². The minimum Gasteiger partial charge on any atom is -0.493 e. The molecule has 0 aromatic heterocycles. The molecular formula is C22H22ClF3O6. The fourth-order valence-corrected chi connectivity index (χ4v) is 3.41. The summed E-state index contributed by atoms with van der Waals surface area (Å²) in [7, 11) is 0. The molecule has 0 bridgehead atoms. The maximum absolute atomic E-state index is 12.2. The van der Waals surface area contributed by atoms with Crippen LogP contribution < -0.4 is 18.9 Å². The third-order valence-corrected chi connectivity index (χ3v) is 5.19. The van der Waals surface area contributed by atoms with Crippen molar-refractivity contribution in [2.24, 2.45) is 0 Å². The summed E-state index contributed by atoms with van der Waals surface area (Å²) in [6.07, 6.45) is -3.29. The van der Waals surface area contributed by atoms with Crippen molar-refractivity contribution in [2.75, 3.05) is 19.8 Å². The van der Waals surface area contributed by atoms with Gasteiger partial charge in [0.25, 0.3) is 0 Å². The van der Waals surface area contributed by atoms with Crippen molar-refractivity contribution in [1.29, 1.82) is 0 Å². The number of hydrogen-bond donors (Lipinski definition) is 1. The first-order valence-electron chi connectivity index (χ1n) is 9.92. The van der Waals surface area contributed by atoms with Gasteiger partial charge in [-0.1, -0.05) is 18.5 Å². The van der Waals surface area contributed by atoms with E-state index in [1.165, 1.54) is 18.2 Å². The lowest BCUT2D eigenvalue weighted by Crippen LogP contribution is -2.42. The number of alkyl halides is 3. The summed E-state index contributed by atoms with van der Waals surface area (Å²) >= 11 is 6.03. The van der Waals surface area contributed by atoms with Crippen LogP contribution in [0.5, 0.6) is 23.0 Å². The first-order valence-corrected chi connectivity index (χ1v) is 10.3. The largest absolute Gasteiger partial charge is 0.493 e. The lowest BCUT2D eigenvalue weighted by molar-refractivity contribution is -0.154. The van der Waals surface area contributed by atoms with Crippen molar-refractivity contribution in [3.63, 3.8) is 0 Å². The Morgan fingerprint density at radius 2 is 1.81 bits per heavy atom. The minimum absolute atomic E-state index is 0.00131. The Morgan fingerprint density at radius 1 is 1.12 bits per heavy atom. The predicted molar refractivity (Wildman–Crippen MR) is 110 cm³/mol. The van der Waals surface area contributed by atoms with Crippen LogP contribution in [0.25, 0.3) is 0 Å². The van der Waals surface area contributed by atoms with E-state index in [-0.39, 0.29) is 23.8 Å². The molecule has 1 heterocycles. The molecule has 0 saturated carbocycles. The third kappa shape index (κ3) is 5.91. The van der Waals surface area contributed by atoms with Crippen LogP contribution in [0.2, 0.25) is 5.02 Å².